The summed E-state index contributed by atoms with van der Waals surface area (Å²) in [6.45, 7) is 2.68. The first-order valence-electron chi connectivity index (χ1n) is 7.12. The zero-order valence-electron chi connectivity index (χ0n) is 12.2. The van der Waals surface area contributed by atoms with E-state index < -0.39 is 0 Å². The minimum Gasteiger partial charge on any atom is -0.355 e. The van der Waals surface area contributed by atoms with E-state index in [9.17, 15) is 5.26 Å². The molecule has 6 nitrogen and oxygen atoms in total. The van der Waals surface area contributed by atoms with Crippen LogP contribution >= 0.6 is 11.6 Å². The van der Waals surface area contributed by atoms with Gasteiger partial charge < -0.3 is 5.32 Å². The molecule has 7 heteroatoms. The molecule has 0 amide bonds. The van der Waals surface area contributed by atoms with Crippen LogP contribution in [0.2, 0.25) is 5.02 Å². The van der Waals surface area contributed by atoms with E-state index in [2.05, 4.69) is 27.5 Å². The SMILES string of the molecule is C#CC(C)Nc1c(C#N)cnn1-c1nn2c(c1Cl)CCCC2. The molecule has 3 heterocycles. The molecule has 3 rings (SSSR count). The molecule has 1 aliphatic rings. The Hall–Kier alpha value is -2.44. The standard InChI is InChI=1S/C15H15ClN6/c1-3-10(2)19-14-11(8-17)9-18-22(14)15-13(16)12-6-4-5-7-21(12)20-15/h1,9-10,19H,4-7H2,2H3. The van der Waals surface area contributed by atoms with Crippen LogP contribution in [0, 0.1) is 23.7 Å². The summed E-state index contributed by atoms with van der Waals surface area (Å²) < 4.78 is 3.48. The van der Waals surface area contributed by atoms with Crippen LogP contribution < -0.4 is 5.32 Å². The van der Waals surface area contributed by atoms with Gasteiger partial charge >= 0.3 is 0 Å². The highest BCUT2D eigenvalue weighted by atomic mass is 35.5. The normalized spacial score (nSPS) is 14.7. The van der Waals surface area contributed by atoms with Crippen molar-refractivity contribution in [1.29, 1.82) is 5.26 Å². The second kappa shape index (κ2) is 5.75. The van der Waals surface area contributed by atoms with E-state index in [-0.39, 0.29) is 6.04 Å². The molecule has 0 bridgehead atoms. The predicted octanol–water partition coefficient (Wildman–Crippen LogP) is 2.36. The zero-order chi connectivity index (χ0) is 15.7. The highest BCUT2D eigenvalue weighted by Gasteiger charge is 2.23. The molecule has 0 saturated carbocycles. The minimum atomic E-state index is -0.237. The average molecular weight is 315 g/mol. The summed E-state index contributed by atoms with van der Waals surface area (Å²) in [5, 5.41) is 21.7. The molecule has 0 spiro atoms. The number of nitrogens with one attached hydrogen (secondary N) is 1. The summed E-state index contributed by atoms with van der Waals surface area (Å²) in [7, 11) is 0. The second-order valence-corrected chi connectivity index (χ2v) is 5.61. The van der Waals surface area contributed by atoms with Crippen molar-refractivity contribution in [3.05, 3.63) is 22.5 Å². The fourth-order valence-corrected chi connectivity index (χ4v) is 2.86. The Bertz CT molecular complexity index is 788. The lowest BCUT2D eigenvalue weighted by Gasteiger charge is -2.12. The van der Waals surface area contributed by atoms with Crippen molar-refractivity contribution in [2.75, 3.05) is 5.32 Å². The number of halogens is 1. The fraction of sp³-hybridized carbons (Fsp3) is 0.400. The summed E-state index contributed by atoms with van der Waals surface area (Å²) in [5.41, 5.74) is 1.43. The van der Waals surface area contributed by atoms with E-state index in [4.69, 9.17) is 18.0 Å². The maximum Gasteiger partial charge on any atom is 0.196 e. The quantitative estimate of drug-likeness (QED) is 0.883. The highest BCUT2D eigenvalue weighted by Crippen LogP contribution is 2.31. The Morgan fingerprint density at radius 3 is 3.00 bits per heavy atom. The number of anilines is 1. The molecule has 2 aromatic heterocycles. The van der Waals surface area contributed by atoms with Gasteiger partial charge in [-0.3, -0.25) is 4.68 Å². The number of aromatic nitrogens is 4. The molecule has 0 fully saturated rings. The summed E-state index contributed by atoms with van der Waals surface area (Å²) in [4.78, 5) is 0. The minimum absolute atomic E-state index is 0.237. The van der Waals surface area contributed by atoms with Gasteiger partial charge in [-0.15, -0.1) is 6.42 Å². The van der Waals surface area contributed by atoms with Gasteiger partial charge in [0.15, 0.2) is 11.6 Å². The van der Waals surface area contributed by atoms with Gasteiger partial charge in [-0.1, -0.05) is 17.5 Å². The largest absolute Gasteiger partial charge is 0.355 e. The Kier molecular flexibility index (Phi) is 3.79. The first-order chi connectivity index (χ1) is 10.7. The molecular formula is C15H15ClN6. The molecule has 0 saturated heterocycles. The van der Waals surface area contributed by atoms with E-state index in [1.807, 2.05) is 11.6 Å². The monoisotopic (exact) mass is 314 g/mol. The predicted molar refractivity (Wildman–Crippen MR) is 83.9 cm³/mol. The molecule has 0 aliphatic carbocycles. The van der Waals surface area contributed by atoms with Crippen LogP contribution in [0.15, 0.2) is 6.20 Å². The molecular weight excluding hydrogens is 300 g/mol. The number of terminal acetylenes is 1. The van der Waals surface area contributed by atoms with Gasteiger partial charge in [0.05, 0.1) is 17.9 Å². The van der Waals surface area contributed by atoms with Gasteiger partial charge in [-0.2, -0.15) is 20.1 Å². The number of rotatable bonds is 3. The van der Waals surface area contributed by atoms with E-state index >= 15 is 0 Å². The van der Waals surface area contributed by atoms with Crippen LogP contribution in [0.3, 0.4) is 0 Å². The van der Waals surface area contributed by atoms with Crippen molar-refractivity contribution in [1.82, 2.24) is 19.6 Å². The number of hydrogen-bond donors (Lipinski definition) is 1. The summed E-state index contributed by atoms with van der Waals surface area (Å²) >= 11 is 6.48. The first kappa shape index (κ1) is 14.5. The lowest BCUT2D eigenvalue weighted by molar-refractivity contribution is 0.484. The van der Waals surface area contributed by atoms with E-state index in [0.29, 0.717) is 22.2 Å². The molecule has 22 heavy (non-hydrogen) atoms. The van der Waals surface area contributed by atoms with Crippen molar-refractivity contribution < 1.29 is 0 Å². The average Bonchev–Trinajstić information content (AvgIpc) is 3.08. The van der Waals surface area contributed by atoms with Crippen LogP contribution in [0.25, 0.3) is 5.82 Å². The summed E-state index contributed by atoms with van der Waals surface area (Å²) in [5.74, 6) is 3.63. The van der Waals surface area contributed by atoms with Gasteiger partial charge in [-0.25, -0.2) is 0 Å². The Balaban J connectivity index is 2.10. The van der Waals surface area contributed by atoms with Gasteiger partial charge in [0.25, 0.3) is 0 Å². The third-order valence-electron chi connectivity index (χ3n) is 3.70. The van der Waals surface area contributed by atoms with Gasteiger partial charge in [-0.05, 0) is 26.2 Å². The Morgan fingerprint density at radius 2 is 2.32 bits per heavy atom. The molecule has 1 atom stereocenters. The number of nitriles is 1. The molecule has 2 aromatic rings. The van der Waals surface area contributed by atoms with Crippen LogP contribution in [0.4, 0.5) is 5.82 Å². The first-order valence-corrected chi connectivity index (χ1v) is 7.50. The summed E-state index contributed by atoms with van der Waals surface area (Å²) in [6, 6.07) is 1.87. The zero-order valence-corrected chi connectivity index (χ0v) is 12.9. The van der Waals surface area contributed by atoms with Gasteiger partial charge in [0, 0.05) is 6.54 Å². The summed E-state index contributed by atoms with van der Waals surface area (Å²) in [6.07, 6.45) is 9.99. The number of hydrogen-bond acceptors (Lipinski definition) is 4. The second-order valence-electron chi connectivity index (χ2n) is 5.23. The number of aryl methyl sites for hydroxylation is 1. The van der Waals surface area contributed by atoms with Gasteiger partial charge in [0.2, 0.25) is 0 Å². The fourth-order valence-electron chi connectivity index (χ4n) is 2.55. The van der Waals surface area contributed by atoms with Crippen molar-refractivity contribution in [3.8, 4) is 24.2 Å². The Morgan fingerprint density at radius 1 is 1.50 bits per heavy atom. The van der Waals surface area contributed by atoms with Crippen molar-refractivity contribution in [2.45, 2.75) is 38.8 Å². The van der Waals surface area contributed by atoms with Crippen LogP contribution in [0.1, 0.15) is 31.0 Å². The highest BCUT2D eigenvalue weighted by molar-refractivity contribution is 6.32. The maximum absolute atomic E-state index is 9.24. The molecule has 1 unspecified atom stereocenters. The molecule has 112 valence electrons. The van der Waals surface area contributed by atoms with Crippen LogP contribution in [0.5, 0.6) is 0 Å². The molecule has 0 radical (unpaired) electrons. The van der Waals surface area contributed by atoms with Gasteiger partial charge in [0.1, 0.15) is 16.7 Å². The van der Waals surface area contributed by atoms with E-state index in [0.717, 1.165) is 31.5 Å². The topological polar surface area (TPSA) is 71.5 Å². The van der Waals surface area contributed by atoms with E-state index in [1.54, 1.807) is 4.68 Å². The third-order valence-corrected chi connectivity index (χ3v) is 4.09. The number of fused-ring (bicyclic) bond motifs is 1. The molecule has 1 N–H and O–H groups in total. The molecule has 1 aliphatic heterocycles. The lowest BCUT2D eigenvalue weighted by Crippen LogP contribution is -2.17. The van der Waals surface area contributed by atoms with E-state index in [1.165, 1.54) is 6.20 Å². The Labute approximate surface area is 133 Å². The molecule has 0 aromatic carbocycles. The van der Waals surface area contributed by atoms with Crippen molar-refractivity contribution >= 4 is 17.4 Å². The smallest absolute Gasteiger partial charge is 0.196 e. The van der Waals surface area contributed by atoms with Crippen molar-refractivity contribution in [2.24, 2.45) is 0 Å². The van der Waals surface area contributed by atoms with Crippen molar-refractivity contribution in [3.63, 3.8) is 0 Å². The maximum atomic E-state index is 9.24. The third kappa shape index (κ3) is 2.32. The number of nitrogens with zero attached hydrogens (tertiary/aromatic N) is 5. The van der Waals surface area contributed by atoms with Crippen LogP contribution in [-0.2, 0) is 13.0 Å². The van der Waals surface area contributed by atoms with Crippen LogP contribution in [-0.4, -0.2) is 25.6 Å². The lowest BCUT2D eigenvalue weighted by atomic mass is 10.1.